The molecule has 0 aromatic carbocycles. The van der Waals surface area contributed by atoms with Crippen molar-refractivity contribution in [2.24, 2.45) is 0 Å². The summed E-state index contributed by atoms with van der Waals surface area (Å²) in [5.74, 6) is 0. The first-order valence-corrected chi connectivity index (χ1v) is 51.6. The van der Waals surface area contributed by atoms with Crippen molar-refractivity contribution in [3.05, 3.63) is 0 Å². The first-order chi connectivity index (χ1) is 70.1. The van der Waals surface area contributed by atoms with Crippen LogP contribution in [-0.2, 0) is 227 Å². The van der Waals surface area contributed by atoms with Gasteiger partial charge in [0.15, 0.2) is 0 Å². The molecule has 0 aliphatic heterocycles. The van der Waals surface area contributed by atoms with Gasteiger partial charge in [-0.25, -0.2) is 0 Å². The Morgan fingerprint density at radius 2 is 0.142 bits per heavy atom. The predicted octanol–water partition coefficient (Wildman–Crippen LogP) is 0.339. The highest BCUT2D eigenvalue weighted by Crippen LogP contribution is 1.98. The van der Waals surface area contributed by atoms with E-state index in [0.29, 0.717) is 581 Å². The zero-order chi connectivity index (χ0) is 101. The second-order valence-electron chi connectivity index (χ2n) is 28.5. The molecule has 0 saturated carbocycles. The lowest BCUT2D eigenvalue weighted by atomic mass is 10.6. The van der Waals surface area contributed by atoms with Gasteiger partial charge in [-0.2, -0.15) is 8.42 Å². The molecule has 49 heteroatoms. The van der Waals surface area contributed by atoms with E-state index in [4.69, 9.17) is 213 Å². The Morgan fingerprint density at radius 1 is 0.0922 bits per heavy atom. The van der Waals surface area contributed by atoms with E-state index in [0.717, 1.165) is 6.26 Å². The molecule has 0 aliphatic carbocycles. The molecule has 141 heavy (non-hydrogen) atoms. The Labute approximate surface area is 840 Å². The quantitative estimate of drug-likeness (QED) is 0.0585. The van der Waals surface area contributed by atoms with E-state index in [1.807, 2.05) is 0 Å². The summed E-state index contributed by atoms with van der Waals surface area (Å²) < 4.78 is 274. The Morgan fingerprint density at radius 3 is 0.191 bits per heavy atom. The van der Waals surface area contributed by atoms with E-state index >= 15 is 0 Å². The summed E-state index contributed by atoms with van der Waals surface area (Å²) in [7, 11) is -1.80. The maximum absolute atomic E-state index is 10.8. The van der Waals surface area contributed by atoms with Crippen LogP contribution >= 0.6 is 0 Å². The number of hydrogen-bond acceptors (Lipinski definition) is 48. The van der Waals surface area contributed by atoms with E-state index in [1.54, 1.807) is 7.11 Å². The van der Waals surface area contributed by atoms with Gasteiger partial charge in [0.1, 0.15) is 0 Å². The lowest BCUT2D eigenvalue weighted by Crippen LogP contribution is -2.16. The molecule has 0 rings (SSSR count). The maximum Gasteiger partial charge on any atom is 0.264 e. The van der Waals surface area contributed by atoms with Crippen LogP contribution in [0, 0.1) is 0 Å². The highest BCUT2D eigenvalue weighted by Gasteiger charge is 2.08. The zero-order valence-electron chi connectivity index (χ0n) is 85.6. The van der Waals surface area contributed by atoms with Crippen molar-refractivity contribution in [1.82, 2.24) is 0 Å². The van der Waals surface area contributed by atoms with Crippen molar-refractivity contribution < 1.29 is 226 Å². The van der Waals surface area contributed by atoms with Crippen LogP contribution in [0.15, 0.2) is 0 Å². The van der Waals surface area contributed by atoms with Crippen LogP contribution in [-0.4, -0.2) is 616 Å². The molecule has 0 atom stereocenters. The van der Waals surface area contributed by atoms with Crippen molar-refractivity contribution >= 4 is 10.1 Å². The monoisotopic (exact) mass is 2090 g/mol. The van der Waals surface area contributed by atoms with Crippen LogP contribution in [0.1, 0.15) is 0 Å². The molecule has 0 spiro atoms. The minimum Gasteiger partial charge on any atom is -0.382 e. The molecule has 0 radical (unpaired) electrons. The topological polar surface area (TPSA) is 459 Å². The number of methoxy groups -OCH3 is 1. The van der Waals surface area contributed by atoms with Crippen molar-refractivity contribution in [2.45, 2.75) is 0 Å². The maximum atomic E-state index is 10.8. The zero-order valence-corrected chi connectivity index (χ0v) is 86.5. The molecule has 0 N–H and O–H groups in total. The van der Waals surface area contributed by atoms with E-state index in [1.165, 1.54) is 0 Å². The van der Waals surface area contributed by atoms with Gasteiger partial charge in [0, 0.05) is 7.11 Å². The van der Waals surface area contributed by atoms with E-state index in [2.05, 4.69) is 4.18 Å². The van der Waals surface area contributed by atoms with Gasteiger partial charge in [0.05, 0.1) is 601 Å². The molecule has 0 bridgehead atoms. The summed E-state index contributed by atoms with van der Waals surface area (Å²) in [6.45, 7) is 42.0. The Hall–Kier alpha value is -1.89. The lowest BCUT2D eigenvalue weighted by molar-refractivity contribution is -0.0329. The molecular formula is C92H186O48S. The van der Waals surface area contributed by atoms with Crippen molar-refractivity contribution in [1.29, 1.82) is 0 Å². The van der Waals surface area contributed by atoms with Crippen LogP contribution in [0.2, 0.25) is 0 Å². The molecule has 0 aromatic rings. The fourth-order valence-corrected chi connectivity index (χ4v) is 10.3. The van der Waals surface area contributed by atoms with Crippen LogP contribution in [0.25, 0.3) is 0 Å². The largest absolute Gasteiger partial charge is 0.382 e. The highest BCUT2D eigenvalue weighted by atomic mass is 32.2. The van der Waals surface area contributed by atoms with Crippen LogP contribution < -0.4 is 0 Å². The standard InChI is InChI=1S/C92H186O48S/c1-95-3-4-96-5-6-97-7-8-98-9-10-99-11-12-100-13-14-101-15-16-102-17-18-103-19-20-104-21-22-105-23-24-106-25-26-107-27-28-108-29-30-109-31-32-110-33-34-111-35-36-112-37-38-113-39-40-114-41-42-115-43-44-116-45-46-117-47-48-118-49-50-119-51-52-120-53-54-121-55-56-122-57-58-123-59-60-124-61-62-125-63-64-126-65-66-127-67-68-128-69-70-129-71-72-130-73-74-131-75-76-132-77-78-133-79-80-134-81-82-135-83-84-136-85-86-137-87-88-138-89-90-139-91-92-140-141(2,93)94/h3-92H2,1-2H3. The molecule has 0 saturated heterocycles. The van der Waals surface area contributed by atoms with Gasteiger partial charge in [0.25, 0.3) is 10.1 Å². The molecule has 48 nitrogen and oxygen atoms in total. The summed E-state index contributed by atoms with van der Waals surface area (Å²) >= 11 is 0. The van der Waals surface area contributed by atoms with Gasteiger partial charge in [0.2, 0.25) is 0 Å². The number of hydrogen-bond donors (Lipinski definition) is 0. The van der Waals surface area contributed by atoms with E-state index in [-0.39, 0.29) is 13.2 Å². The van der Waals surface area contributed by atoms with E-state index in [9.17, 15) is 8.42 Å². The summed E-state index contributed by atoms with van der Waals surface area (Å²) in [4.78, 5) is 0. The molecule has 0 amide bonds. The SMILES string of the molecule is COCCOCCOCCOCCOCCOCCOCCOCCOCCOCCOCCOCCOCCOCCOCCOCCOCCOCCOCCOCCOCCOCCOCCOCCOCCOCCOCCOCCOCCOCCOCCOCCOCCOCCOCCOCCOCCOCCOCCOCCOCCOCCOCCOCCOCCOS(C)(=O)=O. The molecule has 0 fully saturated rings. The first kappa shape index (κ1) is 139. The Kier molecular flexibility index (Phi) is 130. The van der Waals surface area contributed by atoms with Gasteiger partial charge in [-0.3, -0.25) is 4.18 Å². The lowest BCUT2D eigenvalue weighted by Gasteiger charge is -2.09. The molecule has 0 heterocycles. The fourth-order valence-electron chi connectivity index (χ4n) is 9.94. The van der Waals surface area contributed by atoms with E-state index < -0.39 is 10.1 Å². The van der Waals surface area contributed by atoms with Crippen molar-refractivity contribution in [3.8, 4) is 0 Å². The summed E-state index contributed by atoms with van der Waals surface area (Å²) in [6.07, 6.45) is 0.993. The van der Waals surface area contributed by atoms with Crippen LogP contribution in [0.4, 0.5) is 0 Å². The molecule has 0 aliphatic rings. The van der Waals surface area contributed by atoms with Crippen molar-refractivity contribution in [3.63, 3.8) is 0 Å². The summed E-state index contributed by atoms with van der Waals surface area (Å²) in [5.41, 5.74) is 0. The second kappa shape index (κ2) is 132. The minimum atomic E-state index is -3.44. The van der Waals surface area contributed by atoms with Gasteiger partial charge < -0.3 is 213 Å². The Balaban J connectivity index is 3.11. The smallest absolute Gasteiger partial charge is 0.264 e. The number of ether oxygens (including phenoxy) is 45. The summed E-state index contributed by atoms with van der Waals surface area (Å²) in [5, 5.41) is 0. The Bertz CT molecular complexity index is 2110. The highest BCUT2D eigenvalue weighted by molar-refractivity contribution is 7.86. The normalized spacial score (nSPS) is 12.0. The number of rotatable bonds is 136. The average molecular weight is 2090 g/mol. The molecule has 0 unspecified atom stereocenters. The van der Waals surface area contributed by atoms with Gasteiger partial charge in [-0.15, -0.1) is 0 Å². The van der Waals surface area contributed by atoms with Crippen LogP contribution in [0.3, 0.4) is 0 Å². The van der Waals surface area contributed by atoms with Gasteiger partial charge >= 0.3 is 0 Å². The molecular weight excluding hydrogens is 1910 g/mol. The first-order valence-electron chi connectivity index (χ1n) is 49.8. The third kappa shape index (κ3) is 138. The molecule has 848 valence electrons. The average Bonchev–Trinajstić information content (AvgIpc) is 0.990. The third-order valence-corrected chi connectivity index (χ3v) is 17.5. The predicted molar refractivity (Wildman–Crippen MR) is 509 cm³/mol. The summed E-state index contributed by atoms with van der Waals surface area (Å²) in [6, 6.07) is 0. The minimum absolute atomic E-state index is 0.0146. The van der Waals surface area contributed by atoms with Crippen molar-refractivity contribution in [2.75, 3.05) is 608 Å². The van der Waals surface area contributed by atoms with Gasteiger partial charge in [-0.1, -0.05) is 0 Å². The van der Waals surface area contributed by atoms with Crippen LogP contribution in [0.5, 0.6) is 0 Å². The third-order valence-electron chi connectivity index (χ3n) is 17.0. The van der Waals surface area contributed by atoms with Gasteiger partial charge in [-0.05, 0) is 0 Å². The molecule has 0 aromatic heterocycles. The second-order valence-corrected chi connectivity index (χ2v) is 30.1. The fraction of sp³-hybridized carbons (Fsp3) is 1.00.